The Morgan fingerprint density at radius 1 is 1.17 bits per heavy atom. The smallest absolute Gasteiger partial charge is 0.238 e. The number of rotatable bonds is 10. The predicted octanol–water partition coefficient (Wildman–Crippen LogP) is 4.54. The van der Waals surface area contributed by atoms with Gasteiger partial charge in [0.2, 0.25) is 12.2 Å². The molecule has 4 N–H and O–H groups in total. The normalized spacial score (nSPS) is 25.4. The molecular weight excluding hydrogens is 516 g/mol. The monoisotopic (exact) mass is 566 g/mol. The molecule has 0 saturated carbocycles. The number of benzene rings is 1. The number of aliphatic hydroxyl groups is 2. The second-order valence-corrected chi connectivity index (χ2v) is 12.8. The number of nitrogens with zero attached hydrogens (tertiary/aromatic N) is 2. The topological polar surface area (TPSA) is 103 Å². The summed E-state index contributed by atoms with van der Waals surface area (Å²) in [4.78, 5) is 2.64. The standard InChI is InChI=1S/C33H50N4O4/c1-23(2)31-29(32(36-35-31)41-30-21-27(39)20-28(22-38)40-30)19-26-8-7-25(18-24(26)3)6-4-5-15-37-16-11-33(12-17-37)9-13-34-14-10-33/h4,6-8,18,23,27-28,30,34,38-39H,5,9-17,19-22H2,1-3H3,(H,35,36)/b6-4+. The number of hydrogen-bond donors (Lipinski definition) is 4. The molecule has 4 heterocycles. The number of aliphatic hydroxyl groups excluding tert-OH is 2. The molecule has 0 bridgehead atoms. The third-order valence-electron chi connectivity index (χ3n) is 9.47. The molecule has 1 spiro atoms. The van der Waals surface area contributed by atoms with E-state index in [1.807, 2.05) is 0 Å². The van der Waals surface area contributed by atoms with E-state index in [0.717, 1.165) is 24.2 Å². The van der Waals surface area contributed by atoms with Crippen molar-refractivity contribution in [3.63, 3.8) is 0 Å². The molecule has 0 amide bonds. The Bertz CT molecular complexity index is 1150. The molecule has 8 nitrogen and oxygen atoms in total. The van der Waals surface area contributed by atoms with Crippen molar-refractivity contribution in [3.05, 3.63) is 52.2 Å². The fraction of sp³-hybridized carbons (Fsp3) is 0.667. The summed E-state index contributed by atoms with van der Waals surface area (Å²) in [5, 5.41) is 30.9. The molecule has 3 unspecified atom stereocenters. The van der Waals surface area contributed by atoms with Crippen LogP contribution < -0.4 is 10.1 Å². The van der Waals surface area contributed by atoms with E-state index in [4.69, 9.17) is 9.47 Å². The van der Waals surface area contributed by atoms with E-state index < -0.39 is 18.5 Å². The van der Waals surface area contributed by atoms with Crippen LogP contribution in [0.4, 0.5) is 0 Å². The molecule has 1 aromatic carbocycles. The third-order valence-corrected chi connectivity index (χ3v) is 9.47. The zero-order valence-electron chi connectivity index (χ0n) is 25.2. The SMILES string of the molecule is Cc1cc(/C=C/CCN2CCC3(CCNCC3)CC2)ccc1Cc1c(OC2CC(O)CC(CO)O2)n[nH]c1C(C)C. The summed E-state index contributed by atoms with van der Waals surface area (Å²) in [6.07, 6.45) is 10.9. The summed E-state index contributed by atoms with van der Waals surface area (Å²) < 4.78 is 12.0. The highest BCUT2D eigenvalue weighted by Crippen LogP contribution is 2.39. The van der Waals surface area contributed by atoms with Crippen molar-refractivity contribution in [2.45, 2.75) is 96.6 Å². The molecule has 1 aromatic heterocycles. The van der Waals surface area contributed by atoms with Crippen LogP contribution in [0.5, 0.6) is 5.88 Å². The van der Waals surface area contributed by atoms with Crippen molar-refractivity contribution < 1.29 is 19.7 Å². The number of H-pyrrole nitrogens is 1. The lowest BCUT2D eigenvalue weighted by molar-refractivity contribution is -0.186. The molecule has 0 aliphatic carbocycles. The van der Waals surface area contributed by atoms with E-state index in [1.165, 1.54) is 68.6 Å². The van der Waals surface area contributed by atoms with Gasteiger partial charge >= 0.3 is 0 Å². The van der Waals surface area contributed by atoms with Gasteiger partial charge in [0, 0.05) is 37.1 Å². The lowest BCUT2D eigenvalue weighted by atomic mass is 9.71. The van der Waals surface area contributed by atoms with Crippen molar-refractivity contribution >= 4 is 6.08 Å². The van der Waals surface area contributed by atoms with Crippen LogP contribution in [0.15, 0.2) is 24.3 Å². The second-order valence-electron chi connectivity index (χ2n) is 12.8. The van der Waals surface area contributed by atoms with Gasteiger partial charge in [-0.3, -0.25) is 5.10 Å². The van der Waals surface area contributed by atoms with Crippen molar-refractivity contribution in [2.75, 3.05) is 39.3 Å². The largest absolute Gasteiger partial charge is 0.446 e. The first-order valence-electron chi connectivity index (χ1n) is 15.7. The van der Waals surface area contributed by atoms with Gasteiger partial charge in [-0.15, -0.1) is 5.10 Å². The average Bonchev–Trinajstić information content (AvgIpc) is 3.35. The molecule has 3 aliphatic rings. The molecule has 2 aromatic rings. The van der Waals surface area contributed by atoms with Gasteiger partial charge in [-0.25, -0.2) is 0 Å². The fourth-order valence-corrected chi connectivity index (χ4v) is 6.77. The van der Waals surface area contributed by atoms with E-state index in [0.29, 0.717) is 30.6 Å². The highest BCUT2D eigenvalue weighted by molar-refractivity contribution is 5.52. The molecule has 226 valence electrons. The minimum Gasteiger partial charge on any atom is -0.446 e. The molecule has 3 atom stereocenters. The van der Waals surface area contributed by atoms with E-state index in [9.17, 15) is 10.2 Å². The van der Waals surface area contributed by atoms with Crippen molar-refractivity contribution in [2.24, 2.45) is 5.41 Å². The van der Waals surface area contributed by atoms with Crippen LogP contribution in [-0.4, -0.2) is 83.1 Å². The van der Waals surface area contributed by atoms with Crippen LogP contribution in [0.3, 0.4) is 0 Å². The van der Waals surface area contributed by atoms with Crippen molar-refractivity contribution in [3.8, 4) is 5.88 Å². The first-order chi connectivity index (χ1) is 19.8. The molecule has 0 radical (unpaired) electrons. The summed E-state index contributed by atoms with van der Waals surface area (Å²) in [5.74, 6) is 0.766. The van der Waals surface area contributed by atoms with Gasteiger partial charge in [-0.05, 0) is 93.2 Å². The number of nitrogens with one attached hydrogen (secondary N) is 2. The molecular formula is C33H50N4O4. The predicted molar refractivity (Wildman–Crippen MR) is 162 cm³/mol. The van der Waals surface area contributed by atoms with E-state index in [-0.39, 0.29) is 12.5 Å². The minimum absolute atomic E-state index is 0.140. The Morgan fingerprint density at radius 2 is 1.95 bits per heavy atom. The quantitative estimate of drug-likeness (QED) is 0.335. The van der Waals surface area contributed by atoms with Crippen LogP contribution in [0.2, 0.25) is 0 Å². The molecule has 41 heavy (non-hydrogen) atoms. The number of hydrogen-bond acceptors (Lipinski definition) is 7. The Morgan fingerprint density at radius 3 is 2.66 bits per heavy atom. The van der Waals surface area contributed by atoms with Crippen molar-refractivity contribution in [1.29, 1.82) is 0 Å². The van der Waals surface area contributed by atoms with Gasteiger partial charge in [0.25, 0.3) is 0 Å². The molecule has 3 aliphatic heterocycles. The maximum atomic E-state index is 10.2. The van der Waals surface area contributed by atoms with E-state index >= 15 is 0 Å². The zero-order chi connectivity index (χ0) is 28.8. The first-order valence-corrected chi connectivity index (χ1v) is 15.7. The number of likely N-dealkylation sites (tertiary alicyclic amines) is 1. The highest BCUT2D eigenvalue weighted by atomic mass is 16.7. The number of aromatic amines is 1. The van der Waals surface area contributed by atoms with E-state index in [1.54, 1.807) is 0 Å². The lowest BCUT2D eigenvalue weighted by Crippen LogP contribution is -2.45. The molecule has 8 heteroatoms. The van der Waals surface area contributed by atoms with Gasteiger partial charge in [0.05, 0.1) is 18.8 Å². The van der Waals surface area contributed by atoms with Gasteiger partial charge in [0.15, 0.2) is 0 Å². The summed E-state index contributed by atoms with van der Waals surface area (Å²) in [7, 11) is 0. The molecule has 3 fully saturated rings. The van der Waals surface area contributed by atoms with Crippen LogP contribution in [-0.2, 0) is 11.2 Å². The highest BCUT2D eigenvalue weighted by Gasteiger charge is 2.35. The Hall–Kier alpha value is -2.23. The number of aryl methyl sites for hydroxylation is 1. The Labute approximate surface area is 245 Å². The lowest BCUT2D eigenvalue weighted by Gasteiger charge is -2.44. The molecule has 3 saturated heterocycles. The summed E-state index contributed by atoms with van der Waals surface area (Å²) in [6, 6.07) is 6.67. The maximum absolute atomic E-state index is 10.2. The van der Waals surface area contributed by atoms with Gasteiger partial charge < -0.3 is 29.9 Å². The number of piperidine rings is 2. The van der Waals surface area contributed by atoms with E-state index in [2.05, 4.69) is 71.5 Å². The summed E-state index contributed by atoms with van der Waals surface area (Å²) in [5.41, 5.74) is 6.37. The number of aromatic nitrogens is 2. The molecule has 5 rings (SSSR count). The minimum atomic E-state index is -0.637. The first kappa shape index (κ1) is 30.2. The van der Waals surface area contributed by atoms with Crippen LogP contribution >= 0.6 is 0 Å². The number of ether oxygens (including phenoxy) is 2. The van der Waals surface area contributed by atoms with Gasteiger partial charge in [-0.2, -0.15) is 0 Å². The fourth-order valence-electron chi connectivity index (χ4n) is 6.77. The van der Waals surface area contributed by atoms with Gasteiger partial charge in [-0.1, -0.05) is 44.2 Å². The van der Waals surface area contributed by atoms with Gasteiger partial charge in [0.1, 0.15) is 0 Å². The Balaban J connectivity index is 1.17. The van der Waals surface area contributed by atoms with Crippen LogP contribution in [0.1, 0.15) is 92.7 Å². The summed E-state index contributed by atoms with van der Waals surface area (Å²) in [6.45, 7) is 12.3. The van der Waals surface area contributed by atoms with Crippen molar-refractivity contribution in [1.82, 2.24) is 20.4 Å². The summed E-state index contributed by atoms with van der Waals surface area (Å²) >= 11 is 0. The second kappa shape index (κ2) is 13.8. The maximum Gasteiger partial charge on any atom is 0.238 e. The average molecular weight is 567 g/mol. The zero-order valence-corrected chi connectivity index (χ0v) is 25.2. The van der Waals surface area contributed by atoms with Crippen LogP contribution in [0.25, 0.3) is 6.08 Å². The third kappa shape index (κ3) is 7.79. The Kier molecular flexibility index (Phi) is 10.2. The van der Waals surface area contributed by atoms with Crippen LogP contribution in [0, 0.1) is 12.3 Å².